The van der Waals surface area contributed by atoms with Crippen LogP contribution in [0.2, 0.25) is 5.02 Å². The van der Waals surface area contributed by atoms with Crippen molar-refractivity contribution < 1.29 is 9.53 Å². The minimum atomic E-state index is -0.186. The number of para-hydroxylation sites is 1. The maximum absolute atomic E-state index is 11.4. The van der Waals surface area contributed by atoms with E-state index in [9.17, 15) is 4.79 Å². The molecule has 2 aromatic rings. The first kappa shape index (κ1) is 14.6. The third-order valence-corrected chi connectivity index (χ3v) is 3.43. The van der Waals surface area contributed by atoms with Crippen LogP contribution in [0.1, 0.15) is 24.0 Å². The van der Waals surface area contributed by atoms with Crippen molar-refractivity contribution in [1.29, 1.82) is 0 Å². The SMILES string of the molecule is CCOc1ccccc1CC(C=O)c1ccc(Cl)cc1. The van der Waals surface area contributed by atoms with Crippen molar-refractivity contribution >= 4 is 17.9 Å². The van der Waals surface area contributed by atoms with Crippen LogP contribution < -0.4 is 4.74 Å². The summed E-state index contributed by atoms with van der Waals surface area (Å²) < 4.78 is 5.60. The lowest BCUT2D eigenvalue weighted by atomic mass is 9.93. The maximum atomic E-state index is 11.4. The highest BCUT2D eigenvalue weighted by molar-refractivity contribution is 6.30. The van der Waals surface area contributed by atoms with Gasteiger partial charge in [-0.15, -0.1) is 0 Å². The zero-order valence-electron chi connectivity index (χ0n) is 11.4. The molecule has 0 aromatic heterocycles. The number of carbonyl (C=O) groups excluding carboxylic acids is 1. The number of benzene rings is 2. The maximum Gasteiger partial charge on any atom is 0.127 e. The highest BCUT2D eigenvalue weighted by Crippen LogP contribution is 2.26. The van der Waals surface area contributed by atoms with Gasteiger partial charge in [-0.05, 0) is 42.7 Å². The van der Waals surface area contributed by atoms with E-state index in [2.05, 4.69) is 0 Å². The zero-order valence-corrected chi connectivity index (χ0v) is 12.1. The molecule has 0 saturated heterocycles. The van der Waals surface area contributed by atoms with E-state index >= 15 is 0 Å². The van der Waals surface area contributed by atoms with Gasteiger partial charge in [0.05, 0.1) is 6.61 Å². The Morgan fingerprint density at radius 2 is 1.85 bits per heavy atom. The number of aldehydes is 1. The van der Waals surface area contributed by atoms with Crippen molar-refractivity contribution in [3.05, 3.63) is 64.7 Å². The van der Waals surface area contributed by atoms with Crippen LogP contribution in [-0.4, -0.2) is 12.9 Å². The summed E-state index contributed by atoms with van der Waals surface area (Å²) >= 11 is 5.88. The van der Waals surface area contributed by atoms with Crippen molar-refractivity contribution in [2.45, 2.75) is 19.3 Å². The van der Waals surface area contributed by atoms with Crippen LogP contribution in [0.3, 0.4) is 0 Å². The summed E-state index contributed by atoms with van der Waals surface area (Å²) in [4.78, 5) is 11.4. The van der Waals surface area contributed by atoms with Crippen molar-refractivity contribution in [2.75, 3.05) is 6.61 Å². The van der Waals surface area contributed by atoms with Gasteiger partial charge in [0, 0.05) is 10.9 Å². The molecule has 2 nitrogen and oxygen atoms in total. The molecule has 0 spiro atoms. The third-order valence-electron chi connectivity index (χ3n) is 3.17. The normalized spacial score (nSPS) is 11.9. The van der Waals surface area contributed by atoms with Crippen LogP contribution in [0.25, 0.3) is 0 Å². The van der Waals surface area contributed by atoms with Gasteiger partial charge in [0.25, 0.3) is 0 Å². The van der Waals surface area contributed by atoms with Crippen molar-refractivity contribution in [1.82, 2.24) is 0 Å². The molecule has 0 aliphatic carbocycles. The topological polar surface area (TPSA) is 26.3 Å². The average Bonchev–Trinajstić information content (AvgIpc) is 2.48. The zero-order chi connectivity index (χ0) is 14.4. The second kappa shape index (κ2) is 7.11. The Labute approximate surface area is 124 Å². The second-order valence-corrected chi connectivity index (χ2v) is 4.98. The number of hydrogen-bond donors (Lipinski definition) is 0. The third kappa shape index (κ3) is 3.61. The van der Waals surface area contributed by atoms with E-state index in [4.69, 9.17) is 16.3 Å². The molecule has 0 heterocycles. The molecule has 0 amide bonds. The molecule has 0 bridgehead atoms. The van der Waals surface area contributed by atoms with E-state index in [1.54, 1.807) is 0 Å². The lowest BCUT2D eigenvalue weighted by Crippen LogP contribution is -2.06. The van der Waals surface area contributed by atoms with E-state index in [-0.39, 0.29) is 5.92 Å². The molecule has 20 heavy (non-hydrogen) atoms. The van der Waals surface area contributed by atoms with E-state index in [0.717, 1.165) is 23.2 Å². The van der Waals surface area contributed by atoms with Crippen molar-refractivity contribution in [3.63, 3.8) is 0 Å². The van der Waals surface area contributed by atoms with Gasteiger partial charge in [-0.2, -0.15) is 0 Å². The number of rotatable bonds is 6. The molecule has 2 rings (SSSR count). The minimum Gasteiger partial charge on any atom is -0.494 e. The summed E-state index contributed by atoms with van der Waals surface area (Å²) in [6.07, 6.45) is 1.60. The average molecular weight is 289 g/mol. The van der Waals surface area contributed by atoms with Crippen LogP contribution in [0.15, 0.2) is 48.5 Å². The fourth-order valence-electron chi connectivity index (χ4n) is 2.16. The summed E-state index contributed by atoms with van der Waals surface area (Å²) in [5.74, 6) is 0.657. The molecule has 0 fully saturated rings. The Kier molecular flexibility index (Phi) is 5.19. The molecule has 0 radical (unpaired) electrons. The molecule has 104 valence electrons. The predicted molar refractivity (Wildman–Crippen MR) is 81.6 cm³/mol. The standard InChI is InChI=1S/C17H17ClO2/c1-2-20-17-6-4-3-5-14(17)11-15(12-19)13-7-9-16(18)10-8-13/h3-10,12,15H,2,11H2,1H3. The molecule has 3 heteroatoms. The first-order valence-electron chi connectivity index (χ1n) is 6.66. The Morgan fingerprint density at radius 1 is 1.15 bits per heavy atom. The van der Waals surface area contributed by atoms with Crippen LogP contribution in [0.5, 0.6) is 5.75 Å². The monoisotopic (exact) mass is 288 g/mol. The van der Waals surface area contributed by atoms with Gasteiger partial charge < -0.3 is 9.53 Å². The number of hydrogen-bond acceptors (Lipinski definition) is 2. The van der Waals surface area contributed by atoms with Crippen LogP contribution in [0.4, 0.5) is 0 Å². The first-order chi connectivity index (χ1) is 9.74. The number of carbonyl (C=O) groups is 1. The molecule has 0 saturated carbocycles. The van der Waals surface area contributed by atoms with Gasteiger partial charge in [0.1, 0.15) is 12.0 Å². The fraction of sp³-hybridized carbons (Fsp3) is 0.235. The summed E-state index contributed by atoms with van der Waals surface area (Å²) in [6.45, 7) is 2.57. The lowest BCUT2D eigenvalue weighted by Gasteiger charge is -2.14. The van der Waals surface area contributed by atoms with Crippen LogP contribution in [0, 0.1) is 0 Å². The Bertz CT molecular complexity index is 563. The summed E-state index contributed by atoms with van der Waals surface area (Å²) in [5.41, 5.74) is 2.01. The highest BCUT2D eigenvalue weighted by atomic mass is 35.5. The van der Waals surface area contributed by atoms with E-state index in [1.807, 2.05) is 55.5 Å². The number of halogens is 1. The Hall–Kier alpha value is -1.80. The smallest absolute Gasteiger partial charge is 0.127 e. The summed E-state index contributed by atoms with van der Waals surface area (Å²) in [6, 6.07) is 15.2. The fourth-order valence-corrected chi connectivity index (χ4v) is 2.29. The van der Waals surface area contributed by atoms with Crippen LogP contribution in [-0.2, 0) is 11.2 Å². The van der Waals surface area contributed by atoms with Crippen molar-refractivity contribution in [2.24, 2.45) is 0 Å². The lowest BCUT2D eigenvalue weighted by molar-refractivity contribution is -0.109. The van der Waals surface area contributed by atoms with E-state index in [0.29, 0.717) is 18.1 Å². The molecule has 1 unspecified atom stereocenters. The van der Waals surface area contributed by atoms with Gasteiger partial charge >= 0.3 is 0 Å². The molecule has 2 aromatic carbocycles. The first-order valence-corrected chi connectivity index (χ1v) is 7.04. The van der Waals surface area contributed by atoms with Gasteiger partial charge in [-0.25, -0.2) is 0 Å². The second-order valence-electron chi connectivity index (χ2n) is 4.54. The summed E-state index contributed by atoms with van der Waals surface area (Å²) in [5, 5.41) is 0.674. The van der Waals surface area contributed by atoms with Gasteiger partial charge in [0.2, 0.25) is 0 Å². The summed E-state index contributed by atoms with van der Waals surface area (Å²) in [7, 11) is 0. The molecule has 0 aliphatic rings. The van der Waals surface area contributed by atoms with E-state index < -0.39 is 0 Å². The molecule has 1 atom stereocenters. The largest absolute Gasteiger partial charge is 0.494 e. The van der Waals surface area contributed by atoms with E-state index in [1.165, 1.54) is 0 Å². The molecule has 0 aliphatic heterocycles. The van der Waals surface area contributed by atoms with Crippen LogP contribution >= 0.6 is 11.6 Å². The van der Waals surface area contributed by atoms with Gasteiger partial charge in [-0.1, -0.05) is 41.9 Å². The predicted octanol–water partition coefficient (Wildman–Crippen LogP) is 4.26. The quantitative estimate of drug-likeness (QED) is 0.742. The highest BCUT2D eigenvalue weighted by Gasteiger charge is 2.14. The van der Waals surface area contributed by atoms with Gasteiger partial charge in [0.15, 0.2) is 0 Å². The molecular weight excluding hydrogens is 272 g/mol. The molecular formula is C17H17ClO2. The Balaban J connectivity index is 2.22. The Morgan fingerprint density at radius 3 is 2.50 bits per heavy atom. The van der Waals surface area contributed by atoms with Crippen molar-refractivity contribution in [3.8, 4) is 5.75 Å². The molecule has 0 N–H and O–H groups in total. The minimum absolute atomic E-state index is 0.186. The van der Waals surface area contributed by atoms with Gasteiger partial charge in [-0.3, -0.25) is 0 Å². The number of ether oxygens (including phenoxy) is 1.